The Labute approximate surface area is 141 Å². The number of ether oxygens (including phenoxy) is 1. The first kappa shape index (κ1) is 14.5. The van der Waals surface area contributed by atoms with Crippen LogP contribution >= 0.6 is 0 Å². The molecule has 0 N–H and O–H groups in total. The Morgan fingerprint density at radius 1 is 0.792 bits per heavy atom. The van der Waals surface area contributed by atoms with Crippen LogP contribution in [0.2, 0.25) is 0 Å². The number of carbonyl (C=O) groups is 1. The molecule has 1 heterocycles. The molecule has 116 valence electrons. The lowest BCUT2D eigenvalue weighted by Crippen LogP contribution is -2.15. The topological polar surface area (TPSA) is 26.3 Å². The molecule has 1 aliphatic heterocycles. The first-order valence-electron chi connectivity index (χ1n) is 7.94. The summed E-state index contributed by atoms with van der Waals surface area (Å²) in [6.07, 6.45) is 1.95. The van der Waals surface area contributed by atoms with E-state index in [0.29, 0.717) is 17.7 Å². The van der Waals surface area contributed by atoms with E-state index in [4.69, 9.17) is 4.74 Å². The van der Waals surface area contributed by atoms with Gasteiger partial charge in [0.15, 0.2) is 5.78 Å². The standard InChI is InChI=1S/C22H16O2/c23-22(17-9-5-2-6-10-17)20-14-19-13-18(11-12-21(19)24-15-20)16-7-3-1-4-8-16/h1-14H,15H2. The SMILES string of the molecule is O=C(C1=Cc2cc(-c3ccccc3)ccc2OC1)c1ccccc1. The van der Waals surface area contributed by atoms with Crippen LogP contribution in [-0.4, -0.2) is 12.4 Å². The maximum absolute atomic E-state index is 12.6. The zero-order chi connectivity index (χ0) is 16.4. The molecule has 0 amide bonds. The van der Waals surface area contributed by atoms with Crippen LogP contribution in [0.4, 0.5) is 0 Å². The van der Waals surface area contributed by atoms with E-state index in [1.807, 2.05) is 66.7 Å². The highest BCUT2D eigenvalue weighted by Gasteiger charge is 2.18. The van der Waals surface area contributed by atoms with Gasteiger partial charge in [0.25, 0.3) is 0 Å². The van der Waals surface area contributed by atoms with Gasteiger partial charge >= 0.3 is 0 Å². The molecule has 2 heteroatoms. The fraction of sp³-hybridized carbons (Fsp3) is 0.0455. The van der Waals surface area contributed by atoms with E-state index < -0.39 is 0 Å². The Morgan fingerprint density at radius 2 is 1.50 bits per heavy atom. The molecule has 3 aromatic carbocycles. The second-order valence-corrected chi connectivity index (χ2v) is 5.77. The van der Waals surface area contributed by atoms with Crippen molar-refractivity contribution in [3.05, 3.63) is 95.6 Å². The molecule has 0 bridgehead atoms. The number of benzene rings is 3. The quantitative estimate of drug-likeness (QED) is 0.635. The van der Waals surface area contributed by atoms with Crippen LogP contribution < -0.4 is 4.74 Å². The largest absolute Gasteiger partial charge is 0.488 e. The van der Waals surface area contributed by atoms with E-state index in [1.54, 1.807) is 0 Å². The van der Waals surface area contributed by atoms with Crippen LogP contribution in [0.5, 0.6) is 5.75 Å². The Balaban J connectivity index is 1.71. The maximum atomic E-state index is 12.6. The molecule has 0 spiro atoms. The van der Waals surface area contributed by atoms with Crippen molar-refractivity contribution in [1.29, 1.82) is 0 Å². The summed E-state index contributed by atoms with van der Waals surface area (Å²) >= 11 is 0. The first-order chi connectivity index (χ1) is 11.8. The Kier molecular flexibility index (Phi) is 3.72. The van der Waals surface area contributed by atoms with E-state index in [9.17, 15) is 4.79 Å². The molecule has 0 fully saturated rings. The van der Waals surface area contributed by atoms with Gasteiger partial charge in [-0.05, 0) is 29.3 Å². The summed E-state index contributed by atoms with van der Waals surface area (Å²) in [6.45, 7) is 0.311. The highest BCUT2D eigenvalue weighted by Crippen LogP contribution is 2.32. The van der Waals surface area contributed by atoms with Crippen molar-refractivity contribution < 1.29 is 9.53 Å². The van der Waals surface area contributed by atoms with Crippen molar-refractivity contribution in [3.8, 4) is 16.9 Å². The highest BCUT2D eigenvalue weighted by atomic mass is 16.5. The van der Waals surface area contributed by atoms with E-state index >= 15 is 0 Å². The van der Waals surface area contributed by atoms with Crippen LogP contribution in [0.1, 0.15) is 15.9 Å². The summed E-state index contributed by atoms with van der Waals surface area (Å²) in [5.74, 6) is 0.839. The maximum Gasteiger partial charge on any atom is 0.192 e. The molecule has 0 atom stereocenters. The van der Waals surface area contributed by atoms with Gasteiger partial charge in [-0.25, -0.2) is 0 Å². The molecular formula is C22H16O2. The molecule has 4 rings (SSSR count). The Hall–Kier alpha value is -3.13. The van der Waals surface area contributed by atoms with E-state index in [0.717, 1.165) is 22.4 Å². The summed E-state index contributed by atoms with van der Waals surface area (Å²) in [7, 11) is 0. The molecule has 0 aliphatic carbocycles. The van der Waals surface area contributed by atoms with Crippen molar-refractivity contribution in [1.82, 2.24) is 0 Å². The summed E-state index contributed by atoms with van der Waals surface area (Å²) in [6, 6.07) is 25.6. The molecule has 1 aliphatic rings. The Morgan fingerprint density at radius 3 is 2.25 bits per heavy atom. The molecule has 24 heavy (non-hydrogen) atoms. The van der Waals surface area contributed by atoms with E-state index in [1.165, 1.54) is 0 Å². The minimum atomic E-state index is 0.0198. The van der Waals surface area contributed by atoms with Crippen molar-refractivity contribution in [2.45, 2.75) is 0 Å². The average molecular weight is 312 g/mol. The monoisotopic (exact) mass is 312 g/mol. The van der Waals surface area contributed by atoms with E-state index in [2.05, 4.69) is 18.2 Å². The number of hydrogen-bond acceptors (Lipinski definition) is 2. The molecule has 0 unspecified atom stereocenters. The number of carbonyl (C=O) groups excluding carboxylic acids is 1. The van der Waals surface area contributed by atoms with Crippen LogP contribution in [-0.2, 0) is 0 Å². The third-order valence-electron chi connectivity index (χ3n) is 4.16. The minimum Gasteiger partial charge on any atom is -0.488 e. The van der Waals surface area contributed by atoms with Gasteiger partial charge in [-0.3, -0.25) is 4.79 Å². The lowest BCUT2D eigenvalue weighted by molar-refractivity contribution is 0.102. The van der Waals surface area contributed by atoms with Gasteiger partial charge in [0.05, 0.1) is 0 Å². The summed E-state index contributed by atoms with van der Waals surface area (Å²) < 4.78 is 5.78. The predicted molar refractivity (Wildman–Crippen MR) is 96.1 cm³/mol. The second kappa shape index (κ2) is 6.17. The van der Waals surface area contributed by atoms with Crippen molar-refractivity contribution >= 4 is 11.9 Å². The van der Waals surface area contributed by atoms with Gasteiger partial charge in [-0.2, -0.15) is 0 Å². The number of Topliss-reactive ketones (excluding diaryl/α,β-unsaturated/α-hetero) is 1. The van der Waals surface area contributed by atoms with Gasteiger partial charge in [0.2, 0.25) is 0 Å². The Bertz CT molecular complexity index is 909. The van der Waals surface area contributed by atoms with Crippen LogP contribution in [0.25, 0.3) is 17.2 Å². The van der Waals surface area contributed by atoms with Crippen molar-refractivity contribution in [2.75, 3.05) is 6.61 Å². The second-order valence-electron chi connectivity index (χ2n) is 5.77. The molecule has 0 aromatic heterocycles. The molecule has 3 aromatic rings. The highest BCUT2D eigenvalue weighted by molar-refractivity contribution is 6.12. The molecule has 0 radical (unpaired) electrons. The fourth-order valence-electron chi connectivity index (χ4n) is 2.89. The number of fused-ring (bicyclic) bond motifs is 1. The first-order valence-corrected chi connectivity index (χ1v) is 7.94. The lowest BCUT2D eigenvalue weighted by Gasteiger charge is -2.18. The molecule has 0 saturated carbocycles. The zero-order valence-electron chi connectivity index (χ0n) is 13.1. The smallest absolute Gasteiger partial charge is 0.192 e. The zero-order valence-corrected chi connectivity index (χ0v) is 13.1. The number of rotatable bonds is 3. The summed E-state index contributed by atoms with van der Waals surface area (Å²) in [5.41, 5.74) is 4.58. The van der Waals surface area contributed by atoms with E-state index in [-0.39, 0.29) is 5.78 Å². The van der Waals surface area contributed by atoms with Crippen LogP contribution in [0.3, 0.4) is 0 Å². The molecule has 2 nitrogen and oxygen atoms in total. The third kappa shape index (κ3) is 2.74. The average Bonchev–Trinajstić information content (AvgIpc) is 2.68. The van der Waals surface area contributed by atoms with Crippen molar-refractivity contribution in [3.63, 3.8) is 0 Å². The molecular weight excluding hydrogens is 296 g/mol. The summed E-state index contributed by atoms with van der Waals surface area (Å²) in [5, 5.41) is 0. The van der Waals surface area contributed by atoms with Gasteiger partial charge < -0.3 is 4.74 Å². The predicted octanol–water partition coefficient (Wildman–Crippen LogP) is 5.01. The van der Waals surface area contributed by atoms with Gasteiger partial charge in [-0.15, -0.1) is 0 Å². The van der Waals surface area contributed by atoms with Crippen LogP contribution in [0.15, 0.2) is 84.4 Å². The summed E-state index contributed by atoms with van der Waals surface area (Å²) in [4.78, 5) is 12.6. The lowest BCUT2D eigenvalue weighted by atomic mass is 9.97. The minimum absolute atomic E-state index is 0.0198. The van der Waals surface area contributed by atoms with Gasteiger partial charge in [-0.1, -0.05) is 66.7 Å². The molecule has 0 saturated heterocycles. The van der Waals surface area contributed by atoms with Gasteiger partial charge in [0.1, 0.15) is 12.4 Å². The number of ketones is 1. The normalized spacial score (nSPS) is 12.8. The van der Waals surface area contributed by atoms with Crippen molar-refractivity contribution in [2.24, 2.45) is 0 Å². The third-order valence-corrected chi connectivity index (χ3v) is 4.16. The van der Waals surface area contributed by atoms with Crippen LogP contribution in [0, 0.1) is 0 Å². The number of hydrogen-bond donors (Lipinski definition) is 0. The van der Waals surface area contributed by atoms with Gasteiger partial charge in [0, 0.05) is 16.7 Å². The fourth-order valence-corrected chi connectivity index (χ4v) is 2.89.